The molecule has 2 N–H and O–H groups in total. The minimum absolute atomic E-state index is 0.0503. The Kier molecular flexibility index (Phi) is 5.03. The van der Waals surface area contributed by atoms with Crippen LogP contribution < -0.4 is 5.32 Å². The van der Waals surface area contributed by atoms with E-state index in [2.05, 4.69) is 15.5 Å². The highest BCUT2D eigenvalue weighted by molar-refractivity contribution is 5.95. The van der Waals surface area contributed by atoms with Gasteiger partial charge in [-0.1, -0.05) is 6.92 Å². The Labute approximate surface area is 101 Å². The first-order valence-electron chi connectivity index (χ1n) is 5.83. The van der Waals surface area contributed by atoms with Crippen LogP contribution in [-0.2, 0) is 6.42 Å². The van der Waals surface area contributed by atoms with Gasteiger partial charge >= 0.3 is 0 Å². The van der Waals surface area contributed by atoms with Crippen LogP contribution in [0.2, 0.25) is 0 Å². The summed E-state index contributed by atoms with van der Waals surface area (Å²) in [4.78, 5) is 12.0. The van der Waals surface area contributed by atoms with Crippen LogP contribution in [-0.4, -0.2) is 33.9 Å². The van der Waals surface area contributed by atoms with Gasteiger partial charge < -0.3 is 10.4 Å². The molecule has 0 saturated heterocycles. The van der Waals surface area contributed by atoms with Crippen molar-refractivity contribution in [3.05, 3.63) is 23.0 Å². The third kappa shape index (κ3) is 3.78. The maximum Gasteiger partial charge on any atom is 0.253 e. The summed E-state index contributed by atoms with van der Waals surface area (Å²) in [7, 11) is 0. The van der Waals surface area contributed by atoms with E-state index in [4.69, 9.17) is 5.11 Å². The van der Waals surface area contributed by atoms with E-state index >= 15 is 0 Å². The Hall–Kier alpha value is -1.49. The first kappa shape index (κ1) is 13.6. The lowest BCUT2D eigenvalue weighted by Gasteiger charge is -2.13. The third-order valence-electron chi connectivity index (χ3n) is 2.51. The van der Waals surface area contributed by atoms with E-state index in [9.17, 15) is 4.79 Å². The number of amides is 1. The molecule has 1 unspecified atom stereocenters. The average Bonchev–Trinajstić information content (AvgIpc) is 2.29. The van der Waals surface area contributed by atoms with Crippen molar-refractivity contribution in [3.8, 4) is 0 Å². The lowest BCUT2D eigenvalue weighted by Crippen LogP contribution is -2.34. The summed E-state index contributed by atoms with van der Waals surface area (Å²) in [5.74, 6) is -0.152. The molecule has 94 valence electrons. The van der Waals surface area contributed by atoms with Gasteiger partial charge in [0, 0.05) is 12.6 Å². The molecule has 1 heterocycles. The summed E-state index contributed by atoms with van der Waals surface area (Å²) in [6, 6.07) is 1.69. The second-order valence-corrected chi connectivity index (χ2v) is 4.09. The largest absolute Gasteiger partial charge is 0.396 e. The highest BCUT2D eigenvalue weighted by atomic mass is 16.3. The Morgan fingerprint density at radius 2 is 2.24 bits per heavy atom. The zero-order valence-corrected chi connectivity index (χ0v) is 10.5. The Morgan fingerprint density at radius 1 is 1.53 bits per heavy atom. The first-order chi connectivity index (χ1) is 8.08. The molecule has 1 amide bonds. The van der Waals surface area contributed by atoms with Crippen molar-refractivity contribution in [1.29, 1.82) is 0 Å². The Balaban J connectivity index is 2.83. The van der Waals surface area contributed by atoms with Crippen LogP contribution in [0.5, 0.6) is 0 Å². The van der Waals surface area contributed by atoms with Crippen LogP contribution in [0.3, 0.4) is 0 Å². The number of nitrogens with one attached hydrogen (secondary N) is 1. The number of aryl methyl sites for hydroxylation is 2. The number of hydrogen-bond acceptors (Lipinski definition) is 4. The number of rotatable bonds is 5. The number of carbonyl (C=O) groups excluding carboxylic acids is 1. The van der Waals surface area contributed by atoms with Gasteiger partial charge in [-0.2, -0.15) is 10.2 Å². The van der Waals surface area contributed by atoms with Crippen LogP contribution in [0.15, 0.2) is 6.07 Å². The number of aliphatic hydroxyl groups excluding tert-OH is 1. The summed E-state index contributed by atoms with van der Waals surface area (Å²) in [6.45, 7) is 5.67. The molecule has 1 aromatic heterocycles. The first-order valence-corrected chi connectivity index (χ1v) is 5.83. The maximum absolute atomic E-state index is 12.0. The monoisotopic (exact) mass is 237 g/mol. The van der Waals surface area contributed by atoms with Crippen LogP contribution in [0.4, 0.5) is 0 Å². The standard InChI is InChI=1S/C12H19N3O2/c1-4-11-10(7-9(3)14-15-11)12(17)13-8(2)5-6-16/h7-8,16H,4-6H2,1-3H3,(H,13,17). The fraction of sp³-hybridized carbons (Fsp3) is 0.583. The summed E-state index contributed by atoms with van der Waals surface area (Å²) in [6.07, 6.45) is 1.22. The van der Waals surface area contributed by atoms with Gasteiger partial charge in [-0.15, -0.1) is 0 Å². The molecule has 0 fully saturated rings. The zero-order chi connectivity index (χ0) is 12.8. The van der Waals surface area contributed by atoms with Crippen LogP contribution in [0, 0.1) is 6.92 Å². The molecule has 0 aliphatic heterocycles. The number of carbonyl (C=O) groups is 1. The minimum atomic E-state index is -0.152. The van der Waals surface area contributed by atoms with Crippen LogP contribution >= 0.6 is 0 Å². The van der Waals surface area contributed by atoms with Gasteiger partial charge in [0.25, 0.3) is 5.91 Å². The fourth-order valence-corrected chi connectivity index (χ4v) is 1.54. The number of aromatic nitrogens is 2. The maximum atomic E-state index is 12.0. The topological polar surface area (TPSA) is 75.1 Å². The summed E-state index contributed by atoms with van der Waals surface area (Å²) >= 11 is 0. The number of aliphatic hydroxyl groups is 1. The molecular weight excluding hydrogens is 218 g/mol. The van der Waals surface area contributed by atoms with Gasteiger partial charge in [-0.05, 0) is 32.8 Å². The van der Waals surface area contributed by atoms with Crippen molar-refractivity contribution >= 4 is 5.91 Å². The second kappa shape index (κ2) is 6.30. The van der Waals surface area contributed by atoms with Gasteiger partial charge in [0.15, 0.2) is 0 Å². The van der Waals surface area contributed by atoms with E-state index in [0.29, 0.717) is 24.1 Å². The van der Waals surface area contributed by atoms with E-state index in [0.717, 1.165) is 5.69 Å². The second-order valence-electron chi connectivity index (χ2n) is 4.09. The minimum Gasteiger partial charge on any atom is -0.396 e. The summed E-state index contributed by atoms with van der Waals surface area (Å²) < 4.78 is 0. The van der Waals surface area contributed by atoms with Gasteiger partial charge in [0.2, 0.25) is 0 Å². The van der Waals surface area contributed by atoms with Gasteiger partial charge in [0.1, 0.15) is 0 Å². The molecule has 0 spiro atoms. The molecule has 5 nitrogen and oxygen atoms in total. The van der Waals surface area contributed by atoms with Crippen molar-refractivity contribution < 1.29 is 9.90 Å². The zero-order valence-electron chi connectivity index (χ0n) is 10.5. The molecule has 5 heteroatoms. The predicted molar refractivity (Wildman–Crippen MR) is 64.8 cm³/mol. The lowest BCUT2D eigenvalue weighted by atomic mass is 10.1. The average molecular weight is 237 g/mol. The smallest absolute Gasteiger partial charge is 0.253 e. The third-order valence-corrected chi connectivity index (χ3v) is 2.51. The van der Waals surface area contributed by atoms with Crippen LogP contribution in [0.1, 0.15) is 42.0 Å². The highest BCUT2D eigenvalue weighted by Crippen LogP contribution is 2.08. The Bertz CT molecular complexity index is 393. The van der Waals surface area contributed by atoms with Crippen molar-refractivity contribution in [2.24, 2.45) is 0 Å². The lowest BCUT2D eigenvalue weighted by molar-refractivity contribution is 0.0932. The van der Waals surface area contributed by atoms with Crippen molar-refractivity contribution in [3.63, 3.8) is 0 Å². The summed E-state index contributed by atoms with van der Waals surface area (Å²) in [5, 5.41) is 19.6. The van der Waals surface area contributed by atoms with Gasteiger partial charge in [-0.3, -0.25) is 4.79 Å². The van der Waals surface area contributed by atoms with Gasteiger partial charge in [-0.25, -0.2) is 0 Å². The summed E-state index contributed by atoms with van der Waals surface area (Å²) in [5.41, 5.74) is 2.00. The molecule has 0 aromatic carbocycles. The van der Waals surface area contributed by atoms with E-state index < -0.39 is 0 Å². The van der Waals surface area contributed by atoms with Crippen LogP contribution in [0.25, 0.3) is 0 Å². The molecular formula is C12H19N3O2. The molecule has 0 saturated carbocycles. The van der Waals surface area contributed by atoms with E-state index in [1.54, 1.807) is 13.0 Å². The van der Waals surface area contributed by atoms with Gasteiger partial charge in [0.05, 0.1) is 17.0 Å². The molecule has 1 atom stereocenters. The molecule has 0 aliphatic carbocycles. The molecule has 0 bridgehead atoms. The molecule has 1 aromatic rings. The molecule has 0 aliphatic rings. The van der Waals surface area contributed by atoms with E-state index in [-0.39, 0.29) is 18.6 Å². The Morgan fingerprint density at radius 3 is 2.82 bits per heavy atom. The SMILES string of the molecule is CCc1nnc(C)cc1C(=O)NC(C)CCO. The quantitative estimate of drug-likeness (QED) is 0.796. The van der Waals surface area contributed by atoms with Crippen molar-refractivity contribution in [1.82, 2.24) is 15.5 Å². The predicted octanol–water partition coefficient (Wildman–Crippen LogP) is 0.848. The normalized spacial score (nSPS) is 12.2. The highest BCUT2D eigenvalue weighted by Gasteiger charge is 2.14. The number of nitrogens with zero attached hydrogens (tertiary/aromatic N) is 2. The van der Waals surface area contributed by atoms with Crippen molar-refractivity contribution in [2.75, 3.05) is 6.61 Å². The molecule has 1 rings (SSSR count). The van der Waals surface area contributed by atoms with Crippen molar-refractivity contribution in [2.45, 2.75) is 39.7 Å². The number of hydrogen-bond donors (Lipinski definition) is 2. The van der Waals surface area contributed by atoms with E-state index in [1.165, 1.54) is 0 Å². The molecule has 0 radical (unpaired) electrons. The van der Waals surface area contributed by atoms with E-state index in [1.807, 2.05) is 13.8 Å². The molecule has 17 heavy (non-hydrogen) atoms. The fourth-order valence-electron chi connectivity index (χ4n) is 1.54.